The largest absolute Gasteiger partial charge is 0.369 e. The van der Waals surface area contributed by atoms with Gasteiger partial charge in [0.2, 0.25) is 17.7 Å². The minimum Gasteiger partial charge on any atom is -0.369 e. The monoisotopic (exact) mass is 323 g/mol. The molecular weight excluding hydrogens is 298 g/mol. The fourth-order valence-corrected chi connectivity index (χ4v) is 2.56. The number of hydrogen-bond acceptors (Lipinski definition) is 6. The van der Waals surface area contributed by atoms with Gasteiger partial charge in [-0.3, -0.25) is 9.59 Å². The number of carbonyl (C=O) groups excluding carboxylic acids is 2. The number of nitrogens with two attached hydrogens (primary N) is 1. The molecule has 1 atom stereocenters. The van der Waals surface area contributed by atoms with Gasteiger partial charge >= 0.3 is 0 Å². The maximum absolute atomic E-state index is 12.4. The fraction of sp³-hybridized carbons (Fsp3) is 0.733. The molecule has 0 aromatic carbocycles. The van der Waals surface area contributed by atoms with Crippen LogP contribution in [0.15, 0.2) is 4.52 Å². The van der Waals surface area contributed by atoms with Crippen molar-refractivity contribution in [3.05, 3.63) is 11.7 Å². The minimum absolute atomic E-state index is 0.0177. The predicted octanol–water partition coefficient (Wildman–Crippen LogP) is 0.00110. The lowest BCUT2D eigenvalue weighted by Crippen LogP contribution is -2.40. The number of rotatable bonds is 5. The van der Waals surface area contributed by atoms with Crippen molar-refractivity contribution in [2.75, 3.05) is 33.2 Å². The van der Waals surface area contributed by atoms with E-state index in [1.165, 1.54) is 0 Å². The van der Waals surface area contributed by atoms with Gasteiger partial charge in [0.05, 0.1) is 5.92 Å². The van der Waals surface area contributed by atoms with E-state index in [0.717, 1.165) is 6.54 Å². The lowest BCUT2D eigenvalue weighted by molar-refractivity contribution is -0.132. The van der Waals surface area contributed by atoms with Gasteiger partial charge in [-0.25, -0.2) is 0 Å². The summed E-state index contributed by atoms with van der Waals surface area (Å²) in [5, 5.41) is 3.89. The summed E-state index contributed by atoms with van der Waals surface area (Å²) < 4.78 is 5.15. The molecule has 1 aliphatic heterocycles. The predicted molar refractivity (Wildman–Crippen MR) is 83.5 cm³/mol. The molecule has 0 aliphatic carbocycles. The molecule has 1 aliphatic rings. The van der Waals surface area contributed by atoms with Crippen molar-refractivity contribution < 1.29 is 14.1 Å². The van der Waals surface area contributed by atoms with Crippen LogP contribution in [0.4, 0.5) is 0 Å². The maximum Gasteiger partial charge on any atom is 0.227 e. The van der Waals surface area contributed by atoms with Gasteiger partial charge in [0, 0.05) is 44.9 Å². The summed E-state index contributed by atoms with van der Waals surface area (Å²) in [5.74, 6) is 0.604. The zero-order valence-corrected chi connectivity index (χ0v) is 14.0. The van der Waals surface area contributed by atoms with Crippen LogP contribution in [-0.2, 0) is 16.0 Å². The first kappa shape index (κ1) is 17.4. The first-order valence-electron chi connectivity index (χ1n) is 7.95. The molecular formula is C15H25N5O3. The average Bonchev–Trinajstić information content (AvgIpc) is 2.87. The molecule has 2 amide bonds. The Morgan fingerprint density at radius 3 is 2.70 bits per heavy atom. The normalized spacial score (nSPS) is 19.8. The molecule has 2 N–H and O–H groups in total. The van der Waals surface area contributed by atoms with E-state index >= 15 is 0 Å². The molecule has 1 aromatic heterocycles. The van der Waals surface area contributed by atoms with Gasteiger partial charge in [0.1, 0.15) is 0 Å². The summed E-state index contributed by atoms with van der Waals surface area (Å²) in [6.07, 6.45) is 0.695. The molecule has 0 spiro atoms. The van der Waals surface area contributed by atoms with E-state index in [-0.39, 0.29) is 30.1 Å². The van der Waals surface area contributed by atoms with E-state index in [2.05, 4.69) is 10.1 Å². The number of carbonyl (C=O) groups is 2. The Balaban J connectivity index is 1.91. The molecule has 1 saturated heterocycles. The Morgan fingerprint density at radius 1 is 1.35 bits per heavy atom. The Bertz CT molecular complexity index is 557. The van der Waals surface area contributed by atoms with E-state index in [1.807, 2.05) is 25.8 Å². The zero-order valence-electron chi connectivity index (χ0n) is 14.0. The second-order valence-corrected chi connectivity index (χ2v) is 6.40. The van der Waals surface area contributed by atoms with Gasteiger partial charge in [-0.2, -0.15) is 4.98 Å². The third-order valence-corrected chi connectivity index (χ3v) is 4.03. The Kier molecular flexibility index (Phi) is 5.70. The van der Waals surface area contributed by atoms with Crippen LogP contribution in [0.25, 0.3) is 0 Å². The standard InChI is InChI=1S/C15H25N5O3/c1-10(2)15-17-12(23-18-15)4-5-13(21)20-7-6-19(3)8-11(9-20)14(16)22/h10-11H,4-9H2,1-3H3,(H2,16,22)/t11-/m1/s1. The van der Waals surface area contributed by atoms with E-state index < -0.39 is 0 Å². The molecule has 0 saturated carbocycles. The number of primary amides is 1. The summed E-state index contributed by atoms with van der Waals surface area (Å²) in [4.78, 5) is 31.9. The Labute approximate surface area is 136 Å². The van der Waals surface area contributed by atoms with Crippen molar-refractivity contribution in [2.45, 2.75) is 32.6 Å². The van der Waals surface area contributed by atoms with E-state index in [0.29, 0.717) is 37.8 Å². The number of amides is 2. The van der Waals surface area contributed by atoms with Gasteiger partial charge in [-0.1, -0.05) is 19.0 Å². The molecule has 8 nitrogen and oxygen atoms in total. The van der Waals surface area contributed by atoms with E-state index in [4.69, 9.17) is 10.3 Å². The molecule has 0 bridgehead atoms. The van der Waals surface area contributed by atoms with Crippen molar-refractivity contribution in [1.29, 1.82) is 0 Å². The van der Waals surface area contributed by atoms with Crippen LogP contribution >= 0.6 is 0 Å². The van der Waals surface area contributed by atoms with Crippen LogP contribution in [0.5, 0.6) is 0 Å². The topological polar surface area (TPSA) is 106 Å². The molecule has 1 aromatic rings. The van der Waals surface area contributed by atoms with Crippen LogP contribution in [-0.4, -0.2) is 65.0 Å². The van der Waals surface area contributed by atoms with Crippen molar-refractivity contribution in [2.24, 2.45) is 11.7 Å². The zero-order chi connectivity index (χ0) is 17.0. The van der Waals surface area contributed by atoms with Gasteiger partial charge in [-0.05, 0) is 7.05 Å². The van der Waals surface area contributed by atoms with Crippen LogP contribution < -0.4 is 5.73 Å². The molecule has 8 heteroatoms. The van der Waals surface area contributed by atoms with Crippen LogP contribution in [0.2, 0.25) is 0 Å². The van der Waals surface area contributed by atoms with E-state index in [1.54, 1.807) is 4.90 Å². The average molecular weight is 323 g/mol. The number of aryl methyl sites for hydroxylation is 1. The summed E-state index contributed by atoms with van der Waals surface area (Å²) in [7, 11) is 1.93. The van der Waals surface area contributed by atoms with Crippen LogP contribution in [0.1, 0.15) is 37.9 Å². The highest BCUT2D eigenvalue weighted by Crippen LogP contribution is 2.13. The first-order chi connectivity index (χ1) is 10.9. The highest BCUT2D eigenvalue weighted by molar-refractivity contribution is 5.80. The number of nitrogens with zero attached hydrogens (tertiary/aromatic N) is 4. The van der Waals surface area contributed by atoms with Gasteiger partial charge < -0.3 is 20.1 Å². The van der Waals surface area contributed by atoms with Crippen LogP contribution in [0, 0.1) is 5.92 Å². The molecule has 23 heavy (non-hydrogen) atoms. The van der Waals surface area contributed by atoms with Crippen molar-refractivity contribution in [3.8, 4) is 0 Å². The second-order valence-electron chi connectivity index (χ2n) is 6.40. The Morgan fingerprint density at radius 2 is 2.09 bits per heavy atom. The van der Waals surface area contributed by atoms with E-state index in [9.17, 15) is 9.59 Å². The second kappa shape index (κ2) is 7.54. The van der Waals surface area contributed by atoms with Gasteiger partial charge in [0.25, 0.3) is 0 Å². The minimum atomic E-state index is -0.366. The maximum atomic E-state index is 12.4. The number of hydrogen-bond donors (Lipinski definition) is 1. The number of likely N-dealkylation sites (N-methyl/N-ethyl adjacent to an activating group) is 1. The first-order valence-corrected chi connectivity index (χ1v) is 7.95. The van der Waals surface area contributed by atoms with Gasteiger partial charge in [-0.15, -0.1) is 0 Å². The highest BCUT2D eigenvalue weighted by atomic mass is 16.5. The summed E-state index contributed by atoms with van der Waals surface area (Å²) in [6, 6.07) is 0. The summed E-state index contributed by atoms with van der Waals surface area (Å²) in [6.45, 7) is 6.25. The number of aromatic nitrogens is 2. The van der Waals surface area contributed by atoms with Crippen molar-refractivity contribution in [1.82, 2.24) is 19.9 Å². The summed E-state index contributed by atoms with van der Waals surface area (Å²) >= 11 is 0. The molecule has 2 heterocycles. The molecule has 1 fully saturated rings. The molecule has 0 unspecified atom stereocenters. The molecule has 0 radical (unpaired) electrons. The van der Waals surface area contributed by atoms with Crippen molar-refractivity contribution >= 4 is 11.8 Å². The SMILES string of the molecule is CC(C)c1noc(CCC(=O)N2CCN(C)C[C@@H](C(N)=O)C2)n1. The smallest absolute Gasteiger partial charge is 0.227 e. The lowest BCUT2D eigenvalue weighted by atomic mass is 10.1. The fourth-order valence-electron chi connectivity index (χ4n) is 2.56. The van der Waals surface area contributed by atoms with Crippen molar-refractivity contribution in [3.63, 3.8) is 0 Å². The molecule has 2 rings (SSSR count). The lowest BCUT2D eigenvalue weighted by Gasteiger charge is -2.22. The summed E-state index contributed by atoms with van der Waals surface area (Å²) in [5.41, 5.74) is 5.42. The quantitative estimate of drug-likeness (QED) is 0.817. The highest BCUT2D eigenvalue weighted by Gasteiger charge is 2.27. The third-order valence-electron chi connectivity index (χ3n) is 4.03. The van der Waals surface area contributed by atoms with Crippen LogP contribution in [0.3, 0.4) is 0 Å². The third kappa shape index (κ3) is 4.75. The molecule has 128 valence electrons. The Hall–Kier alpha value is -1.96. The van der Waals surface area contributed by atoms with Gasteiger partial charge in [0.15, 0.2) is 5.82 Å².